The first kappa shape index (κ1) is 58.7. The summed E-state index contributed by atoms with van der Waals surface area (Å²) >= 11 is 0. The molecule has 10 heteroatoms. The monoisotopic (exact) mass is 879 g/mol. The van der Waals surface area contributed by atoms with Gasteiger partial charge in [-0.05, 0) is 51.4 Å². The third-order valence-electron chi connectivity index (χ3n) is 10.3. The number of unbranched alkanes of at least 4 members (excludes halogenated alkanes) is 20. The zero-order valence-electron chi connectivity index (χ0n) is 39.9. The van der Waals surface area contributed by atoms with Crippen molar-refractivity contribution in [1.82, 2.24) is 0 Å². The zero-order chi connectivity index (χ0) is 45.0. The zero-order valence-corrected chi connectivity index (χ0v) is 40.8. The second-order valence-corrected chi connectivity index (χ2v) is 19.0. The molecule has 0 aromatic carbocycles. The molecular formula is C51H93NO8P+. The SMILES string of the molecule is CCCCC/C=C/C/C=C/C/C=C/C/C=C/C/C=C/CCC(=O)O[C@H](COC(=O)CCCCCCCCCCCCCCCCCCCC)COP(=O)(O)OCC[N+](C)(C)C. The minimum Gasteiger partial charge on any atom is -0.462 e. The number of carbonyl (C=O) groups is 2. The molecule has 1 unspecified atom stereocenters. The predicted molar refractivity (Wildman–Crippen MR) is 256 cm³/mol. The maximum atomic E-state index is 12.7. The van der Waals surface area contributed by atoms with Gasteiger partial charge in [-0.25, -0.2) is 4.57 Å². The molecule has 0 fully saturated rings. The standard InChI is InChI=1S/C51H92NO8P/c1-6-8-10-12-14-16-18-20-22-24-26-28-30-32-34-36-38-40-42-44-51(54)60-49(48-59-61(55,56)58-46-45-52(3,4)5)47-57-50(53)43-41-39-37-35-33-31-29-27-25-23-21-19-17-15-13-11-9-7-2/h14,16,20,22,26,28,32,34,38,40,49H,6-13,15,17-19,21,23-25,27,29-31,33,35-37,39,41-48H2,1-5H3/p+1/b16-14+,22-20+,28-26+,34-32+,40-38+/t49-/m1/s1. The second-order valence-electron chi connectivity index (χ2n) is 17.5. The molecule has 0 aliphatic heterocycles. The van der Waals surface area contributed by atoms with Crippen LogP contribution in [0.2, 0.25) is 0 Å². The van der Waals surface area contributed by atoms with Crippen LogP contribution >= 0.6 is 7.82 Å². The van der Waals surface area contributed by atoms with Crippen molar-refractivity contribution in [2.24, 2.45) is 0 Å². The number of allylic oxidation sites excluding steroid dienone is 10. The van der Waals surface area contributed by atoms with Gasteiger partial charge in [-0.1, -0.05) is 197 Å². The maximum absolute atomic E-state index is 12.7. The first-order chi connectivity index (χ1) is 29.5. The molecule has 0 rings (SSSR count). The molecule has 0 heterocycles. The highest BCUT2D eigenvalue weighted by atomic mass is 31.2. The van der Waals surface area contributed by atoms with Crippen molar-refractivity contribution < 1.29 is 42.1 Å². The first-order valence-corrected chi connectivity index (χ1v) is 26.0. The summed E-state index contributed by atoms with van der Waals surface area (Å²) in [5.41, 5.74) is 0. The van der Waals surface area contributed by atoms with Gasteiger partial charge in [0.2, 0.25) is 0 Å². The lowest BCUT2D eigenvalue weighted by Crippen LogP contribution is -2.37. The smallest absolute Gasteiger partial charge is 0.462 e. The van der Waals surface area contributed by atoms with Crippen molar-refractivity contribution in [2.75, 3.05) is 47.5 Å². The molecule has 0 aliphatic carbocycles. The highest BCUT2D eigenvalue weighted by Crippen LogP contribution is 2.43. The minimum atomic E-state index is -4.40. The van der Waals surface area contributed by atoms with E-state index < -0.39 is 26.5 Å². The lowest BCUT2D eigenvalue weighted by Gasteiger charge is -2.24. The van der Waals surface area contributed by atoms with Crippen LogP contribution in [0, 0.1) is 0 Å². The Morgan fingerprint density at radius 3 is 1.38 bits per heavy atom. The maximum Gasteiger partial charge on any atom is 0.472 e. The van der Waals surface area contributed by atoms with Gasteiger partial charge in [0.05, 0.1) is 27.7 Å². The van der Waals surface area contributed by atoms with Crippen LogP contribution in [0.5, 0.6) is 0 Å². The predicted octanol–water partition coefficient (Wildman–Crippen LogP) is 14.4. The molecule has 0 spiro atoms. The number of hydrogen-bond donors (Lipinski definition) is 1. The molecule has 0 aromatic heterocycles. The topological polar surface area (TPSA) is 108 Å². The first-order valence-electron chi connectivity index (χ1n) is 24.5. The molecule has 61 heavy (non-hydrogen) atoms. The van der Waals surface area contributed by atoms with Gasteiger partial charge in [-0.15, -0.1) is 0 Å². The molecule has 354 valence electrons. The number of hydrogen-bond acceptors (Lipinski definition) is 7. The molecule has 0 aliphatic rings. The highest BCUT2D eigenvalue weighted by Gasteiger charge is 2.27. The van der Waals surface area contributed by atoms with Crippen molar-refractivity contribution in [3.8, 4) is 0 Å². The summed E-state index contributed by atoms with van der Waals surface area (Å²) in [7, 11) is 1.43. The summed E-state index contributed by atoms with van der Waals surface area (Å²) in [4.78, 5) is 35.4. The summed E-state index contributed by atoms with van der Waals surface area (Å²) in [6.07, 6.45) is 52.9. The van der Waals surface area contributed by atoms with E-state index in [2.05, 4.69) is 62.5 Å². The third kappa shape index (κ3) is 47.0. The van der Waals surface area contributed by atoms with Gasteiger partial charge >= 0.3 is 19.8 Å². The van der Waals surface area contributed by atoms with Crippen LogP contribution in [-0.4, -0.2) is 74.9 Å². The molecule has 0 radical (unpaired) electrons. The van der Waals surface area contributed by atoms with Crippen molar-refractivity contribution in [3.05, 3.63) is 60.8 Å². The molecule has 0 saturated carbocycles. The van der Waals surface area contributed by atoms with Gasteiger partial charge in [0, 0.05) is 12.8 Å². The molecule has 9 nitrogen and oxygen atoms in total. The van der Waals surface area contributed by atoms with Crippen LogP contribution < -0.4 is 0 Å². The van der Waals surface area contributed by atoms with Gasteiger partial charge in [-0.3, -0.25) is 18.6 Å². The van der Waals surface area contributed by atoms with Gasteiger partial charge < -0.3 is 18.9 Å². The molecule has 0 amide bonds. The van der Waals surface area contributed by atoms with E-state index in [4.69, 9.17) is 18.5 Å². The Balaban J connectivity index is 4.40. The summed E-state index contributed by atoms with van der Waals surface area (Å²) in [6.45, 7) is 4.32. The Labute approximate surface area is 375 Å². The Morgan fingerprint density at radius 2 is 0.918 bits per heavy atom. The van der Waals surface area contributed by atoms with Gasteiger partial charge in [0.1, 0.15) is 19.8 Å². The average Bonchev–Trinajstić information content (AvgIpc) is 3.21. The molecule has 2 atom stereocenters. The fourth-order valence-electron chi connectivity index (χ4n) is 6.47. The lowest BCUT2D eigenvalue weighted by molar-refractivity contribution is -0.870. The summed E-state index contributed by atoms with van der Waals surface area (Å²) in [5, 5.41) is 0. The van der Waals surface area contributed by atoms with Crippen molar-refractivity contribution >= 4 is 19.8 Å². The molecule has 1 N–H and O–H groups in total. The van der Waals surface area contributed by atoms with Crippen LogP contribution in [0.1, 0.15) is 200 Å². The van der Waals surface area contributed by atoms with E-state index in [1.807, 2.05) is 33.3 Å². The van der Waals surface area contributed by atoms with E-state index in [9.17, 15) is 19.0 Å². The van der Waals surface area contributed by atoms with Crippen LogP contribution in [-0.2, 0) is 32.7 Å². The van der Waals surface area contributed by atoms with E-state index in [0.717, 1.165) is 44.9 Å². The Hall–Kier alpha value is -2.29. The van der Waals surface area contributed by atoms with Crippen LogP contribution in [0.3, 0.4) is 0 Å². The normalized spacial score (nSPS) is 14.0. The number of ether oxygens (including phenoxy) is 2. The van der Waals surface area contributed by atoms with E-state index >= 15 is 0 Å². The minimum absolute atomic E-state index is 0.0174. The molecule has 0 aromatic rings. The summed E-state index contributed by atoms with van der Waals surface area (Å²) < 4.78 is 34.3. The van der Waals surface area contributed by atoms with Crippen molar-refractivity contribution in [1.29, 1.82) is 0 Å². The van der Waals surface area contributed by atoms with E-state index in [-0.39, 0.29) is 32.0 Å². The Morgan fingerprint density at radius 1 is 0.508 bits per heavy atom. The number of esters is 2. The number of quaternary nitrogens is 1. The second kappa shape index (κ2) is 43.0. The number of likely N-dealkylation sites (N-methyl/N-ethyl adjacent to an activating group) is 1. The number of nitrogens with zero attached hydrogens (tertiary/aromatic N) is 1. The lowest BCUT2D eigenvalue weighted by atomic mass is 10.0. The molecular weight excluding hydrogens is 786 g/mol. The average molecular weight is 879 g/mol. The Bertz CT molecular complexity index is 1220. The number of phosphoric ester groups is 1. The molecule has 0 saturated heterocycles. The number of phosphoric acid groups is 1. The van der Waals surface area contributed by atoms with E-state index in [1.165, 1.54) is 122 Å². The quantitative estimate of drug-likeness (QED) is 0.0212. The summed E-state index contributed by atoms with van der Waals surface area (Å²) in [5.74, 6) is -0.891. The largest absolute Gasteiger partial charge is 0.472 e. The van der Waals surface area contributed by atoms with Crippen LogP contribution in [0.4, 0.5) is 0 Å². The van der Waals surface area contributed by atoms with Gasteiger partial charge in [0.25, 0.3) is 0 Å². The summed E-state index contributed by atoms with van der Waals surface area (Å²) in [6, 6.07) is 0. The van der Waals surface area contributed by atoms with E-state index in [1.54, 1.807) is 0 Å². The fraction of sp³-hybridized carbons (Fsp3) is 0.765. The van der Waals surface area contributed by atoms with Crippen molar-refractivity contribution in [3.63, 3.8) is 0 Å². The molecule has 0 bridgehead atoms. The van der Waals surface area contributed by atoms with Crippen molar-refractivity contribution in [2.45, 2.75) is 206 Å². The van der Waals surface area contributed by atoms with E-state index in [0.29, 0.717) is 17.4 Å². The van der Waals surface area contributed by atoms with Gasteiger partial charge in [-0.2, -0.15) is 0 Å². The Kier molecular flexibility index (Phi) is 41.4. The van der Waals surface area contributed by atoms with Crippen LogP contribution in [0.25, 0.3) is 0 Å². The van der Waals surface area contributed by atoms with Crippen LogP contribution in [0.15, 0.2) is 60.8 Å². The number of rotatable bonds is 44. The highest BCUT2D eigenvalue weighted by molar-refractivity contribution is 7.47. The fourth-order valence-corrected chi connectivity index (χ4v) is 7.21. The van der Waals surface area contributed by atoms with Gasteiger partial charge in [0.15, 0.2) is 6.10 Å². The third-order valence-corrected chi connectivity index (χ3v) is 11.3. The number of carbonyl (C=O) groups excluding carboxylic acids is 2.